The molecule has 0 radical (unpaired) electrons. The molecule has 1 atom stereocenters. The molecule has 132 valence electrons. The van der Waals surface area contributed by atoms with Gasteiger partial charge in [0.1, 0.15) is 13.2 Å². The van der Waals surface area contributed by atoms with Crippen LogP contribution in [0.1, 0.15) is 34.1 Å². The monoisotopic (exact) mass is 375 g/mol. The van der Waals surface area contributed by atoms with E-state index < -0.39 is 0 Å². The van der Waals surface area contributed by atoms with Crippen LogP contribution in [0.25, 0.3) is 0 Å². The number of fused-ring (bicyclic) bond motifs is 2. The first kappa shape index (κ1) is 16.8. The van der Waals surface area contributed by atoms with Gasteiger partial charge in [-0.25, -0.2) is 0 Å². The van der Waals surface area contributed by atoms with Crippen molar-refractivity contribution in [3.05, 3.63) is 33.5 Å². The molecule has 4 rings (SSSR count). The normalized spacial score (nSPS) is 18.6. The highest BCUT2D eigenvalue weighted by Gasteiger charge is 2.24. The minimum Gasteiger partial charge on any atom is -0.486 e. The molecule has 4 nitrogen and oxygen atoms in total. The van der Waals surface area contributed by atoms with Gasteiger partial charge in [0.05, 0.1) is 11.3 Å². The van der Waals surface area contributed by atoms with Crippen molar-refractivity contribution in [2.75, 3.05) is 24.8 Å². The summed E-state index contributed by atoms with van der Waals surface area (Å²) in [6.07, 6.45) is 5.24. The number of carbonyl (C=O) groups excluding carboxylic acids is 1. The van der Waals surface area contributed by atoms with Crippen molar-refractivity contribution in [2.45, 2.75) is 31.1 Å². The van der Waals surface area contributed by atoms with E-state index in [9.17, 15) is 4.79 Å². The lowest BCUT2D eigenvalue weighted by molar-refractivity contribution is 0.102. The van der Waals surface area contributed by atoms with E-state index in [1.165, 1.54) is 10.4 Å². The molecule has 1 amide bonds. The van der Waals surface area contributed by atoms with Gasteiger partial charge in [0.25, 0.3) is 5.91 Å². The van der Waals surface area contributed by atoms with E-state index in [1.54, 1.807) is 23.1 Å². The predicted octanol–water partition coefficient (Wildman–Crippen LogP) is 4.62. The Labute approximate surface area is 155 Å². The maximum absolute atomic E-state index is 12.9. The first-order chi connectivity index (χ1) is 12.2. The fourth-order valence-corrected chi connectivity index (χ4v) is 5.19. The molecule has 0 saturated carbocycles. The van der Waals surface area contributed by atoms with Gasteiger partial charge in [0.15, 0.2) is 11.5 Å². The zero-order valence-electron chi connectivity index (χ0n) is 14.4. The average Bonchev–Trinajstić information content (AvgIpc) is 3.04. The zero-order chi connectivity index (χ0) is 17.4. The third-order valence-corrected chi connectivity index (χ3v) is 6.59. The van der Waals surface area contributed by atoms with Crippen molar-refractivity contribution in [3.8, 4) is 11.5 Å². The minimum atomic E-state index is -0.0287. The van der Waals surface area contributed by atoms with Crippen LogP contribution in [0.3, 0.4) is 0 Å². The Morgan fingerprint density at radius 3 is 2.80 bits per heavy atom. The standard InChI is InChI=1S/C19H21NO3S2/c1-11-3-4-12-13(10-25-17(12)7-11)19(21)20-14-8-15-16(9-18(14)24-2)23-6-5-22-15/h8-11H,3-7H2,1-2H3,(H,20,21). The van der Waals surface area contributed by atoms with E-state index in [1.807, 2.05) is 23.8 Å². The van der Waals surface area contributed by atoms with Gasteiger partial charge in [-0.1, -0.05) is 6.92 Å². The van der Waals surface area contributed by atoms with Crippen LogP contribution in [0, 0.1) is 5.92 Å². The van der Waals surface area contributed by atoms with E-state index in [0.29, 0.717) is 24.9 Å². The summed E-state index contributed by atoms with van der Waals surface area (Å²) in [7, 11) is 0. The Balaban J connectivity index is 1.61. The topological polar surface area (TPSA) is 47.6 Å². The van der Waals surface area contributed by atoms with E-state index in [4.69, 9.17) is 9.47 Å². The van der Waals surface area contributed by atoms with E-state index >= 15 is 0 Å². The number of carbonyl (C=O) groups is 1. The lowest BCUT2D eigenvalue weighted by Crippen LogP contribution is -2.18. The molecular formula is C19H21NO3S2. The first-order valence-electron chi connectivity index (χ1n) is 8.54. The molecule has 0 saturated heterocycles. The second-order valence-electron chi connectivity index (χ2n) is 6.55. The molecular weight excluding hydrogens is 354 g/mol. The van der Waals surface area contributed by atoms with E-state index in [-0.39, 0.29) is 5.91 Å². The number of thiophene rings is 1. The number of amides is 1. The number of benzene rings is 1. The van der Waals surface area contributed by atoms with Crippen LogP contribution >= 0.6 is 23.1 Å². The van der Waals surface area contributed by atoms with Crippen LogP contribution < -0.4 is 14.8 Å². The quantitative estimate of drug-likeness (QED) is 0.796. The van der Waals surface area contributed by atoms with Gasteiger partial charge in [-0.2, -0.15) is 0 Å². The SMILES string of the molecule is CSc1cc2c(cc1NC(=O)c1csc3c1CCC(C)C3)OCCO2. The number of hydrogen-bond acceptors (Lipinski definition) is 5. The fourth-order valence-electron chi connectivity index (χ4n) is 3.39. The second kappa shape index (κ2) is 6.92. The Morgan fingerprint density at radius 2 is 2.04 bits per heavy atom. The fraction of sp³-hybridized carbons (Fsp3) is 0.421. The van der Waals surface area contributed by atoms with E-state index in [2.05, 4.69) is 12.2 Å². The van der Waals surface area contributed by atoms with Crippen LogP contribution in [-0.4, -0.2) is 25.4 Å². The van der Waals surface area contributed by atoms with Crippen LogP contribution in [0.2, 0.25) is 0 Å². The highest BCUT2D eigenvalue weighted by atomic mass is 32.2. The lowest BCUT2D eigenvalue weighted by atomic mass is 9.88. The average molecular weight is 376 g/mol. The zero-order valence-corrected chi connectivity index (χ0v) is 16.0. The largest absolute Gasteiger partial charge is 0.486 e. The van der Waals surface area contributed by atoms with Crippen molar-refractivity contribution in [1.82, 2.24) is 0 Å². The Bertz CT molecular complexity index is 815. The summed E-state index contributed by atoms with van der Waals surface area (Å²) in [5.74, 6) is 2.12. The van der Waals surface area contributed by atoms with E-state index in [0.717, 1.165) is 41.2 Å². The molecule has 1 aromatic heterocycles. The Hall–Kier alpha value is -1.66. The highest BCUT2D eigenvalue weighted by Crippen LogP contribution is 2.40. The summed E-state index contributed by atoms with van der Waals surface area (Å²) in [5.41, 5.74) is 2.85. The summed E-state index contributed by atoms with van der Waals surface area (Å²) in [4.78, 5) is 15.2. The third-order valence-electron chi connectivity index (χ3n) is 4.76. The van der Waals surface area contributed by atoms with Crippen LogP contribution in [0.4, 0.5) is 5.69 Å². The summed E-state index contributed by atoms with van der Waals surface area (Å²) in [5, 5.41) is 5.10. The van der Waals surface area contributed by atoms with Gasteiger partial charge in [-0.15, -0.1) is 23.1 Å². The molecule has 1 aromatic carbocycles. The summed E-state index contributed by atoms with van der Waals surface area (Å²) in [6.45, 7) is 3.38. The number of hydrogen-bond donors (Lipinski definition) is 1. The molecule has 25 heavy (non-hydrogen) atoms. The van der Waals surface area contributed by atoms with Gasteiger partial charge < -0.3 is 14.8 Å². The summed E-state index contributed by atoms with van der Waals surface area (Å²) in [6, 6.07) is 3.82. The molecule has 0 spiro atoms. The predicted molar refractivity (Wildman–Crippen MR) is 103 cm³/mol. The molecule has 2 heterocycles. The molecule has 1 N–H and O–H groups in total. The van der Waals surface area contributed by atoms with Crippen LogP contribution in [-0.2, 0) is 12.8 Å². The molecule has 6 heteroatoms. The number of rotatable bonds is 3. The number of ether oxygens (including phenoxy) is 2. The van der Waals surface area contributed by atoms with Crippen molar-refractivity contribution < 1.29 is 14.3 Å². The summed E-state index contributed by atoms with van der Waals surface area (Å²) >= 11 is 3.31. The third kappa shape index (κ3) is 3.25. The molecule has 1 aliphatic heterocycles. The van der Waals surface area contributed by atoms with Gasteiger partial charge in [0.2, 0.25) is 0 Å². The van der Waals surface area contributed by atoms with Gasteiger partial charge in [-0.3, -0.25) is 4.79 Å². The van der Waals surface area contributed by atoms with Gasteiger partial charge in [-0.05, 0) is 43.1 Å². The van der Waals surface area contributed by atoms with Gasteiger partial charge in [0, 0.05) is 21.2 Å². The molecule has 2 aromatic rings. The Kier molecular flexibility index (Phi) is 4.65. The molecule has 1 aliphatic carbocycles. The molecule has 2 aliphatic rings. The number of nitrogens with one attached hydrogen (secondary N) is 1. The van der Waals surface area contributed by atoms with Gasteiger partial charge >= 0.3 is 0 Å². The van der Waals surface area contributed by atoms with Crippen LogP contribution in [0.15, 0.2) is 22.4 Å². The van der Waals surface area contributed by atoms with Crippen molar-refractivity contribution in [3.63, 3.8) is 0 Å². The summed E-state index contributed by atoms with van der Waals surface area (Å²) < 4.78 is 11.3. The minimum absolute atomic E-state index is 0.0287. The van der Waals surface area contributed by atoms with Crippen LogP contribution in [0.5, 0.6) is 11.5 Å². The second-order valence-corrected chi connectivity index (χ2v) is 8.36. The molecule has 0 fully saturated rings. The van der Waals surface area contributed by atoms with Crippen molar-refractivity contribution >= 4 is 34.7 Å². The van der Waals surface area contributed by atoms with Crippen molar-refractivity contribution in [1.29, 1.82) is 0 Å². The smallest absolute Gasteiger partial charge is 0.256 e. The Morgan fingerprint density at radius 1 is 1.28 bits per heavy atom. The molecule has 0 bridgehead atoms. The number of anilines is 1. The number of thioether (sulfide) groups is 1. The highest BCUT2D eigenvalue weighted by molar-refractivity contribution is 7.98. The maximum atomic E-state index is 12.9. The first-order valence-corrected chi connectivity index (χ1v) is 10.6. The molecule has 1 unspecified atom stereocenters. The maximum Gasteiger partial charge on any atom is 0.256 e. The lowest BCUT2D eigenvalue weighted by Gasteiger charge is -2.21. The van der Waals surface area contributed by atoms with Crippen molar-refractivity contribution in [2.24, 2.45) is 5.92 Å².